The fraction of sp³-hybridized carbons (Fsp3) is 0.636. The number of nitrogens with one attached hydrogen (secondary N) is 3. The van der Waals surface area contributed by atoms with Gasteiger partial charge in [-0.3, -0.25) is 9.69 Å². The van der Waals surface area contributed by atoms with E-state index >= 15 is 0 Å². The van der Waals surface area contributed by atoms with Crippen LogP contribution in [0.4, 0.5) is 14.9 Å². The fourth-order valence-electron chi connectivity index (χ4n) is 5.62. The molecule has 30 heavy (non-hydrogen) atoms. The van der Waals surface area contributed by atoms with Gasteiger partial charge in [0.2, 0.25) is 5.91 Å². The molecule has 0 aromatic heterocycles. The second-order valence-corrected chi connectivity index (χ2v) is 9.17. The van der Waals surface area contributed by atoms with Crippen molar-refractivity contribution in [2.75, 3.05) is 31.5 Å². The third-order valence-corrected chi connectivity index (χ3v) is 7.28. The molecule has 1 saturated carbocycles. The number of rotatable bonds is 3. The minimum absolute atomic E-state index is 0.0361. The second-order valence-electron chi connectivity index (χ2n) is 9.17. The zero-order valence-corrected chi connectivity index (χ0v) is 17.4. The van der Waals surface area contributed by atoms with Crippen LogP contribution >= 0.6 is 0 Å². The monoisotopic (exact) mass is 415 g/mol. The predicted octanol–water partition coefficient (Wildman–Crippen LogP) is 1.61. The normalized spacial score (nSPS) is 31.0. The number of benzene rings is 1. The Labute approximate surface area is 176 Å². The Morgan fingerprint density at radius 2 is 2.10 bits per heavy atom. The molecule has 3 heterocycles. The topological polar surface area (TPSA) is 76.7 Å². The van der Waals surface area contributed by atoms with Gasteiger partial charge in [-0.25, -0.2) is 9.18 Å². The van der Waals surface area contributed by atoms with Gasteiger partial charge in [-0.1, -0.05) is 6.07 Å². The van der Waals surface area contributed by atoms with E-state index in [9.17, 15) is 14.0 Å². The van der Waals surface area contributed by atoms with Crippen LogP contribution in [-0.4, -0.2) is 72.1 Å². The third-order valence-electron chi connectivity index (χ3n) is 7.28. The molecule has 1 aromatic carbocycles. The molecule has 1 aliphatic carbocycles. The summed E-state index contributed by atoms with van der Waals surface area (Å²) in [7, 11) is 0. The number of hydrogen-bond donors (Lipinski definition) is 3. The number of hydrogen-bond acceptors (Lipinski definition) is 4. The van der Waals surface area contributed by atoms with Crippen molar-refractivity contribution in [1.29, 1.82) is 0 Å². The maximum absolute atomic E-state index is 14.1. The van der Waals surface area contributed by atoms with Crippen molar-refractivity contribution in [1.82, 2.24) is 20.4 Å². The molecule has 0 radical (unpaired) electrons. The van der Waals surface area contributed by atoms with E-state index in [0.29, 0.717) is 18.0 Å². The fourth-order valence-corrected chi connectivity index (χ4v) is 5.62. The summed E-state index contributed by atoms with van der Waals surface area (Å²) in [5, 5.41) is 9.40. The van der Waals surface area contributed by atoms with Crippen molar-refractivity contribution >= 4 is 17.6 Å². The lowest BCUT2D eigenvalue weighted by Gasteiger charge is -2.43. The number of urea groups is 1. The molecule has 2 saturated heterocycles. The average molecular weight is 416 g/mol. The first-order valence-electron chi connectivity index (χ1n) is 11.1. The maximum Gasteiger partial charge on any atom is 0.317 e. The van der Waals surface area contributed by atoms with E-state index in [1.807, 2.05) is 11.8 Å². The Kier molecular flexibility index (Phi) is 5.05. The first-order chi connectivity index (χ1) is 14.5. The van der Waals surface area contributed by atoms with Crippen molar-refractivity contribution in [2.45, 2.75) is 63.2 Å². The van der Waals surface area contributed by atoms with Gasteiger partial charge in [-0.2, -0.15) is 0 Å². The van der Waals surface area contributed by atoms with Crippen LogP contribution in [0.1, 0.15) is 36.8 Å². The zero-order chi connectivity index (χ0) is 20.8. The van der Waals surface area contributed by atoms with Gasteiger partial charge in [-0.05, 0) is 44.2 Å². The summed E-state index contributed by atoms with van der Waals surface area (Å²) in [6.45, 7) is 5.24. The van der Waals surface area contributed by atoms with Crippen molar-refractivity contribution in [3.63, 3.8) is 0 Å². The van der Waals surface area contributed by atoms with Gasteiger partial charge in [0.1, 0.15) is 11.9 Å². The number of nitrogens with zero attached hydrogens (tertiary/aromatic N) is 2. The molecular weight excluding hydrogens is 385 g/mol. The Hall–Kier alpha value is -2.35. The van der Waals surface area contributed by atoms with Crippen molar-refractivity contribution in [3.05, 3.63) is 29.1 Å². The van der Waals surface area contributed by atoms with Crippen molar-refractivity contribution in [3.8, 4) is 0 Å². The molecule has 0 spiro atoms. The molecular formula is C22H30FN5O2. The number of carbonyl (C=O) groups is 2. The molecule has 3 fully saturated rings. The Morgan fingerprint density at radius 1 is 1.23 bits per heavy atom. The van der Waals surface area contributed by atoms with Crippen LogP contribution in [0.5, 0.6) is 0 Å². The molecule has 0 bridgehead atoms. The molecule has 8 heteroatoms. The molecule has 3 amide bonds. The lowest BCUT2D eigenvalue weighted by atomic mass is 9.89. The van der Waals surface area contributed by atoms with Gasteiger partial charge in [0.15, 0.2) is 0 Å². The number of amides is 3. The minimum atomic E-state index is -0.407. The van der Waals surface area contributed by atoms with Gasteiger partial charge < -0.3 is 20.9 Å². The summed E-state index contributed by atoms with van der Waals surface area (Å²) in [4.78, 5) is 29.2. The van der Waals surface area contributed by atoms with Crippen LogP contribution in [0.3, 0.4) is 0 Å². The average Bonchev–Trinajstić information content (AvgIpc) is 3.36. The number of piperazine rings is 1. The van der Waals surface area contributed by atoms with E-state index in [4.69, 9.17) is 0 Å². The summed E-state index contributed by atoms with van der Waals surface area (Å²) in [5.41, 5.74) is 2.36. The number of fused-ring (bicyclic) bond motifs is 2. The van der Waals surface area contributed by atoms with Crippen LogP contribution in [0.15, 0.2) is 12.1 Å². The highest BCUT2D eigenvalue weighted by Crippen LogP contribution is 2.32. The van der Waals surface area contributed by atoms with Gasteiger partial charge >= 0.3 is 6.03 Å². The maximum atomic E-state index is 14.1. The minimum Gasteiger partial charge on any atom is -0.373 e. The van der Waals surface area contributed by atoms with Gasteiger partial charge in [0.05, 0.1) is 6.04 Å². The quantitative estimate of drug-likeness (QED) is 0.701. The first-order valence-corrected chi connectivity index (χ1v) is 11.1. The molecule has 3 N–H and O–H groups in total. The van der Waals surface area contributed by atoms with Crippen molar-refractivity contribution in [2.24, 2.45) is 0 Å². The number of halogens is 1. The highest BCUT2D eigenvalue weighted by atomic mass is 19.1. The Balaban J connectivity index is 1.17. The molecule has 7 nitrogen and oxygen atoms in total. The van der Waals surface area contributed by atoms with E-state index in [1.54, 1.807) is 6.07 Å². The largest absolute Gasteiger partial charge is 0.373 e. The highest BCUT2D eigenvalue weighted by Gasteiger charge is 2.39. The van der Waals surface area contributed by atoms with E-state index in [1.165, 1.54) is 6.07 Å². The number of carbonyl (C=O) groups excluding carboxylic acids is 2. The number of aryl methyl sites for hydroxylation is 1. The van der Waals surface area contributed by atoms with E-state index in [2.05, 4.69) is 20.9 Å². The molecule has 1 aromatic rings. The summed E-state index contributed by atoms with van der Waals surface area (Å²) < 4.78 is 14.1. The lowest BCUT2D eigenvalue weighted by Crippen LogP contribution is -2.57. The Bertz CT molecular complexity index is 831. The molecule has 4 aliphatic rings. The SMILES string of the molecule is Cc1ccc(F)c2c1NC(C(=O)N[C@@H]1CCC[C@H](N3CCN4C(=O)NC[C@H]4C3)C1)C2. The second kappa shape index (κ2) is 7.72. The zero-order valence-electron chi connectivity index (χ0n) is 17.4. The van der Waals surface area contributed by atoms with Crippen LogP contribution in [0.2, 0.25) is 0 Å². The predicted molar refractivity (Wildman–Crippen MR) is 112 cm³/mol. The van der Waals surface area contributed by atoms with E-state index in [-0.39, 0.29) is 29.8 Å². The van der Waals surface area contributed by atoms with Crippen LogP contribution in [0, 0.1) is 12.7 Å². The van der Waals surface area contributed by atoms with Gasteiger partial charge in [-0.15, -0.1) is 0 Å². The summed E-state index contributed by atoms with van der Waals surface area (Å²) in [6.07, 6.45) is 4.54. The lowest BCUT2D eigenvalue weighted by molar-refractivity contribution is -0.122. The molecule has 1 unspecified atom stereocenters. The van der Waals surface area contributed by atoms with Gasteiger partial charge in [0, 0.05) is 55.9 Å². The number of anilines is 1. The summed E-state index contributed by atoms with van der Waals surface area (Å²) >= 11 is 0. The van der Waals surface area contributed by atoms with Gasteiger partial charge in [0.25, 0.3) is 0 Å². The molecule has 3 aliphatic heterocycles. The first kappa shape index (κ1) is 19.6. The van der Waals surface area contributed by atoms with Crippen LogP contribution in [-0.2, 0) is 11.2 Å². The summed E-state index contributed by atoms with van der Waals surface area (Å²) in [5.74, 6) is -0.277. The summed E-state index contributed by atoms with van der Waals surface area (Å²) in [6, 6.07) is 3.74. The molecule has 5 rings (SSSR count). The smallest absolute Gasteiger partial charge is 0.317 e. The van der Waals surface area contributed by atoms with Crippen molar-refractivity contribution < 1.29 is 14.0 Å². The van der Waals surface area contributed by atoms with E-state index in [0.717, 1.165) is 63.1 Å². The van der Waals surface area contributed by atoms with Crippen LogP contribution < -0.4 is 16.0 Å². The Morgan fingerprint density at radius 3 is 2.93 bits per heavy atom. The standard InChI is InChI=1S/C22H30FN5O2/c1-13-5-6-18(23)17-10-19(26-20(13)17)21(29)25-14-3-2-4-15(9-14)27-7-8-28-16(12-27)11-24-22(28)30/h5-6,14-16,19,26H,2-4,7-12H2,1H3,(H,24,30)(H,25,29)/t14-,15+,16+,19?/m1/s1. The molecule has 162 valence electrons. The molecule has 4 atom stereocenters. The third kappa shape index (κ3) is 3.51. The highest BCUT2D eigenvalue weighted by molar-refractivity contribution is 5.88. The van der Waals surface area contributed by atoms with E-state index < -0.39 is 6.04 Å². The van der Waals surface area contributed by atoms with Crippen LogP contribution in [0.25, 0.3) is 0 Å².